The fourth-order valence-corrected chi connectivity index (χ4v) is 6.22. The number of aromatic amines is 1. The number of amides is 2. The van der Waals surface area contributed by atoms with Gasteiger partial charge in [-0.05, 0) is 73.2 Å². The first kappa shape index (κ1) is 29.3. The number of carbonyl (C=O) groups is 2. The van der Waals surface area contributed by atoms with Crippen molar-refractivity contribution >= 4 is 28.4 Å². The van der Waals surface area contributed by atoms with Crippen LogP contribution in [0.25, 0.3) is 10.9 Å². The molecule has 3 aromatic rings. The molecule has 6 rings (SSSR count). The number of carbonyl (C=O) groups excluding carboxylic acids is 2. The Balaban J connectivity index is 1.05. The van der Waals surface area contributed by atoms with Gasteiger partial charge in [-0.3, -0.25) is 24.3 Å². The van der Waals surface area contributed by atoms with E-state index in [0.717, 1.165) is 62.1 Å². The Kier molecular flexibility index (Phi) is 8.79. The van der Waals surface area contributed by atoms with Crippen molar-refractivity contribution in [3.05, 3.63) is 131 Å². The number of rotatable bonds is 8. The minimum Gasteiger partial charge on any atom is -0.349 e. The maximum Gasteiger partial charge on any atom is 0.257 e. The van der Waals surface area contributed by atoms with Gasteiger partial charge < -0.3 is 15.6 Å². The first-order chi connectivity index (χ1) is 21.5. The summed E-state index contributed by atoms with van der Waals surface area (Å²) in [5, 5.41) is 6.49. The number of fused-ring (bicyclic) bond motifs is 1. The lowest BCUT2D eigenvalue weighted by atomic mass is 9.84. The average molecular weight is 588 g/mol. The standard InChI is InChI=1S/C36H37N5O3/c1-2-33(42)38-29-10-6-9-27(21-29)35(43)39-28-16-19-41(20-17-28)23-24-11-13-26(14-12-24)34-30(25-7-4-3-5-8-25)22-31-32(40-34)15-18-37-36(31)44/h2-7,9-13,15,18,21-22,25-26,28H,1,8,14,16-17,19-20,23H2,(H,37,44)(H,38,42)(H,39,43). The first-order valence-electron chi connectivity index (χ1n) is 15.3. The zero-order valence-electron chi connectivity index (χ0n) is 24.7. The Morgan fingerprint density at radius 1 is 1.07 bits per heavy atom. The van der Waals surface area contributed by atoms with Crippen molar-refractivity contribution in [1.29, 1.82) is 0 Å². The molecule has 2 aromatic heterocycles. The van der Waals surface area contributed by atoms with Crippen molar-refractivity contribution in [2.75, 3.05) is 25.0 Å². The number of hydrogen-bond acceptors (Lipinski definition) is 5. The van der Waals surface area contributed by atoms with Crippen LogP contribution in [-0.2, 0) is 4.79 Å². The molecule has 3 N–H and O–H groups in total. The molecule has 2 amide bonds. The molecular weight excluding hydrogens is 550 g/mol. The lowest BCUT2D eigenvalue weighted by Crippen LogP contribution is -2.45. The molecule has 3 aliphatic rings. The van der Waals surface area contributed by atoms with Crippen LogP contribution in [-0.4, -0.2) is 52.4 Å². The van der Waals surface area contributed by atoms with Gasteiger partial charge in [0.2, 0.25) is 5.91 Å². The van der Waals surface area contributed by atoms with Crippen LogP contribution in [0.2, 0.25) is 0 Å². The van der Waals surface area contributed by atoms with E-state index < -0.39 is 0 Å². The maximum absolute atomic E-state index is 12.9. The van der Waals surface area contributed by atoms with Crippen molar-refractivity contribution in [3.8, 4) is 0 Å². The van der Waals surface area contributed by atoms with Crippen molar-refractivity contribution in [1.82, 2.24) is 20.2 Å². The SMILES string of the molecule is C=CC(=O)Nc1cccc(C(=O)NC2CCN(CC3=CCC(c4nc5cc[nH]c(=O)c5cc4C4C=CC=CC4)C=C3)CC2)c1. The Labute approximate surface area is 257 Å². The summed E-state index contributed by atoms with van der Waals surface area (Å²) < 4.78 is 0. The summed E-state index contributed by atoms with van der Waals surface area (Å²) in [5.74, 6) is -0.0839. The second-order valence-electron chi connectivity index (χ2n) is 11.6. The van der Waals surface area contributed by atoms with E-state index in [1.54, 1.807) is 30.5 Å². The monoisotopic (exact) mass is 587 g/mol. The van der Waals surface area contributed by atoms with Crippen LogP contribution in [0, 0.1) is 0 Å². The number of piperidine rings is 1. The Morgan fingerprint density at radius 3 is 2.68 bits per heavy atom. The minimum absolute atomic E-state index is 0.105. The molecule has 224 valence electrons. The van der Waals surface area contributed by atoms with E-state index in [9.17, 15) is 14.4 Å². The van der Waals surface area contributed by atoms with Crippen LogP contribution < -0.4 is 16.2 Å². The van der Waals surface area contributed by atoms with Gasteiger partial charge >= 0.3 is 0 Å². The van der Waals surface area contributed by atoms with Gasteiger partial charge in [-0.15, -0.1) is 0 Å². The molecule has 1 saturated heterocycles. The van der Waals surface area contributed by atoms with Crippen LogP contribution in [0.3, 0.4) is 0 Å². The Morgan fingerprint density at radius 2 is 1.93 bits per heavy atom. The molecule has 3 heterocycles. The van der Waals surface area contributed by atoms with Crippen LogP contribution in [0.1, 0.15) is 59.1 Å². The summed E-state index contributed by atoms with van der Waals surface area (Å²) in [6.45, 7) is 6.14. The number of allylic oxidation sites excluding steroid dienone is 6. The molecule has 1 fully saturated rings. The van der Waals surface area contributed by atoms with E-state index in [0.29, 0.717) is 16.6 Å². The smallest absolute Gasteiger partial charge is 0.257 e. The molecule has 0 bridgehead atoms. The summed E-state index contributed by atoms with van der Waals surface area (Å²) in [6.07, 6.45) is 21.7. The third-order valence-electron chi connectivity index (χ3n) is 8.63. The average Bonchev–Trinajstić information content (AvgIpc) is 3.06. The van der Waals surface area contributed by atoms with Gasteiger partial charge in [-0.2, -0.15) is 0 Å². The number of anilines is 1. The molecular formula is C36H37N5O3. The van der Waals surface area contributed by atoms with Gasteiger partial charge in [0.25, 0.3) is 11.5 Å². The van der Waals surface area contributed by atoms with Crippen LogP contribution in [0.5, 0.6) is 0 Å². The number of likely N-dealkylation sites (tertiary alicyclic amines) is 1. The van der Waals surface area contributed by atoms with Gasteiger partial charge in [-0.25, -0.2) is 0 Å². The quantitative estimate of drug-likeness (QED) is 0.301. The van der Waals surface area contributed by atoms with E-state index in [1.807, 2.05) is 12.1 Å². The molecule has 8 heteroatoms. The molecule has 0 radical (unpaired) electrons. The number of H-pyrrole nitrogens is 1. The summed E-state index contributed by atoms with van der Waals surface area (Å²) in [4.78, 5) is 47.3. The zero-order valence-corrected chi connectivity index (χ0v) is 24.7. The summed E-state index contributed by atoms with van der Waals surface area (Å²) in [5.41, 5.74) is 5.18. The predicted octanol–water partition coefficient (Wildman–Crippen LogP) is 5.51. The molecule has 0 saturated carbocycles. The van der Waals surface area contributed by atoms with Crippen LogP contribution >= 0.6 is 0 Å². The molecule has 8 nitrogen and oxygen atoms in total. The summed E-state index contributed by atoms with van der Waals surface area (Å²) >= 11 is 0. The van der Waals surface area contributed by atoms with E-state index in [-0.39, 0.29) is 35.3 Å². The van der Waals surface area contributed by atoms with Gasteiger partial charge in [-0.1, -0.05) is 55.2 Å². The van der Waals surface area contributed by atoms with E-state index in [4.69, 9.17) is 4.98 Å². The fraction of sp³-hybridized carbons (Fsp3) is 0.278. The molecule has 0 spiro atoms. The number of benzene rings is 1. The molecule has 1 aromatic carbocycles. The van der Waals surface area contributed by atoms with Gasteiger partial charge in [0.1, 0.15) is 0 Å². The van der Waals surface area contributed by atoms with Crippen molar-refractivity contribution in [2.24, 2.45) is 0 Å². The minimum atomic E-state index is -0.309. The number of nitrogens with zero attached hydrogens (tertiary/aromatic N) is 2. The van der Waals surface area contributed by atoms with Crippen LogP contribution in [0.15, 0.2) is 108 Å². The van der Waals surface area contributed by atoms with E-state index in [1.165, 1.54) is 11.6 Å². The molecule has 2 aliphatic carbocycles. The Hall–Kier alpha value is -4.82. The number of aromatic nitrogens is 2. The number of nitrogens with one attached hydrogen (secondary N) is 3. The molecule has 2 atom stereocenters. The topological polar surface area (TPSA) is 107 Å². The maximum atomic E-state index is 12.9. The highest BCUT2D eigenvalue weighted by molar-refractivity contribution is 6.00. The van der Waals surface area contributed by atoms with Crippen LogP contribution in [0.4, 0.5) is 5.69 Å². The lowest BCUT2D eigenvalue weighted by molar-refractivity contribution is -0.111. The fourth-order valence-electron chi connectivity index (χ4n) is 6.22. The molecule has 1 aliphatic heterocycles. The van der Waals surface area contributed by atoms with Crippen molar-refractivity contribution in [2.45, 2.75) is 43.6 Å². The summed E-state index contributed by atoms with van der Waals surface area (Å²) in [6, 6.07) is 11.0. The lowest BCUT2D eigenvalue weighted by Gasteiger charge is -2.33. The second kappa shape index (κ2) is 13.2. The highest BCUT2D eigenvalue weighted by Crippen LogP contribution is 2.36. The largest absolute Gasteiger partial charge is 0.349 e. The normalized spacial score (nSPS) is 20.3. The van der Waals surface area contributed by atoms with Gasteiger partial charge in [0, 0.05) is 55.0 Å². The zero-order chi connectivity index (χ0) is 30.5. The number of pyridine rings is 2. The van der Waals surface area contributed by atoms with E-state index >= 15 is 0 Å². The first-order valence-corrected chi connectivity index (χ1v) is 15.3. The molecule has 44 heavy (non-hydrogen) atoms. The van der Waals surface area contributed by atoms with Crippen molar-refractivity contribution in [3.63, 3.8) is 0 Å². The highest BCUT2D eigenvalue weighted by atomic mass is 16.2. The second-order valence-corrected chi connectivity index (χ2v) is 11.6. The highest BCUT2D eigenvalue weighted by Gasteiger charge is 2.25. The summed E-state index contributed by atoms with van der Waals surface area (Å²) in [7, 11) is 0. The molecule has 2 unspecified atom stereocenters. The third kappa shape index (κ3) is 6.71. The predicted molar refractivity (Wildman–Crippen MR) is 175 cm³/mol. The van der Waals surface area contributed by atoms with Crippen molar-refractivity contribution < 1.29 is 9.59 Å². The third-order valence-corrected chi connectivity index (χ3v) is 8.63. The number of hydrogen-bond donors (Lipinski definition) is 3. The van der Waals surface area contributed by atoms with Gasteiger partial charge in [0.05, 0.1) is 16.6 Å². The Bertz CT molecular complexity index is 1760. The van der Waals surface area contributed by atoms with Gasteiger partial charge in [0.15, 0.2) is 0 Å². The van der Waals surface area contributed by atoms with E-state index in [2.05, 4.69) is 69.6 Å².